The van der Waals surface area contributed by atoms with Gasteiger partial charge in [-0.25, -0.2) is 0 Å². The number of hydrogen-bond donors (Lipinski definition) is 1. The molecule has 0 aromatic carbocycles. The Morgan fingerprint density at radius 1 is 0.944 bits per heavy atom. The zero-order valence-electron chi connectivity index (χ0n) is 11.8. The molecule has 1 aliphatic heterocycles. The summed E-state index contributed by atoms with van der Waals surface area (Å²) in [4.78, 5) is 0. The molecule has 2 rings (SSSR count). The van der Waals surface area contributed by atoms with E-state index in [2.05, 4.69) is 0 Å². The maximum Gasteiger partial charge on any atom is 0.0568 e. The van der Waals surface area contributed by atoms with Gasteiger partial charge >= 0.3 is 0 Å². The number of unbranched alkanes of at least 4 members (excludes halogenated alkanes) is 2. The van der Waals surface area contributed by atoms with Crippen molar-refractivity contribution in [2.75, 3.05) is 13.2 Å². The highest BCUT2D eigenvalue weighted by atomic mass is 16.5. The molecule has 0 bridgehead atoms. The third-order valence-corrected chi connectivity index (χ3v) is 4.90. The fourth-order valence-electron chi connectivity index (χ4n) is 3.58. The van der Waals surface area contributed by atoms with Gasteiger partial charge in [0.1, 0.15) is 0 Å². The molecule has 2 heteroatoms. The van der Waals surface area contributed by atoms with Gasteiger partial charge in [-0.15, -0.1) is 0 Å². The topological polar surface area (TPSA) is 29.5 Å². The third kappa shape index (κ3) is 4.89. The molecule has 2 nitrogen and oxygen atoms in total. The maximum atomic E-state index is 10.1. The summed E-state index contributed by atoms with van der Waals surface area (Å²) < 4.78 is 5.38. The lowest BCUT2D eigenvalue weighted by Gasteiger charge is -2.22. The first-order chi connectivity index (χ1) is 8.86. The van der Waals surface area contributed by atoms with Crippen LogP contribution in [0.25, 0.3) is 0 Å². The molecule has 106 valence electrons. The first-order valence-corrected chi connectivity index (χ1v) is 8.12. The number of rotatable bonds is 7. The molecule has 1 unspecified atom stereocenters. The van der Waals surface area contributed by atoms with Gasteiger partial charge in [-0.3, -0.25) is 0 Å². The van der Waals surface area contributed by atoms with Crippen molar-refractivity contribution < 1.29 is 9.84 Å². The summed E-state index contributed by atoms with van der Waals surface area (Å²) in [6, 6.07) is 0. The van der Waals surface area contributed by atoms with Crippen LogP contribution in [-0.2, 0) is 4.74 Å². The van der Waals surface area contributed by atoms with Crippen LogP contribution in [0.4, 0.5) is 0 Å². The van der Waals surface area contributed by atoms with Gasteiger partial charge in [-0.05, 0) is 43.9 Å². The van der Waals surface area contributed by atoms with Crippen LogP contribution in [0.3, 0.4) is 0 Å². The molecule has 1 saturated heterocycles. The zero-order chi connectivity index (χ0) is 12.6. The van der Waals surface area contributed by atoms with Gasteiger partial charge in [0.25, 0.3) is 0 Å². The molecular weight excluding hydrogens is 224 g/mol. The van der Waals surface area contributed by atoms with Crippen molar-refractivity contribution in [1.29, 1.82) is 0 Å². The smallest absolute Gasteiger partial charge is 0.0568 e. The van der Waals surface area contributed by atoms with E-state index in [-0.39, 0.29) is 6.10 Å². The standard InChI is InChI=1S/C16H30O2/c17-16(15-7-4-5-8-15)9-3-1-2-6-14-10-12-18-13-11-14/h14-17H,1-13H2. The molecule has 0 aromatic heterocycles. The van der Waals surface area contributed by atoms with Crippen LogP contribution in [0, 0.1) is 11.8 Å². The van der Waals surface area contributed by atoms with Gasteiger partial charge < -0.3 is 9.84 Å². The minimum atomic E-state index is -0.00409. The molecule has 1 atom stereocenters. The molecule has 1 saturated carbocycles. The van der Waals surface area contributed by atoms with Crippen LogP contribution < -0.4 is 0 Å². The Morgan fingerprint density at radius 3 is 2.39 bits per heavy atom. The normalized spacial score (nSPS) is 24.5. The Balaban J connectivity index is 1.45. The first-order valence-electron chi connectivity index (χ1n) is 8.12. The second kappa shape index (κ2) is 8.16. The SMILES string of the molecule is OC(CCCCCC1CCOCC1)C1CCCC1. The van der Waals surface area contributed by atoms with E-state index in [9.17, 15) is 5.11 Å². The number of ether oxygens (including phenoxy) is 1. The van der Waals surface area contributed by atoms with Crippen molar-refractivity contribution in [2.45, 2.75) is 76.7 Å². The fraction of sp³-hybridized carbons (Fsp3) is 1.00. The molecule has 0 aromatic rings. The minimum absolute atomic E-state index is 0.00409. The van der Waals surface area contributed by atoms with Gasteiger partial charge in [0.05, 0.1) is 6.10 Å². The molecule has 18 heavy (non-hydrogen) atoms. The largest absolute Gasteiger partial charge is 0.393 e. The van der Waals surface area contributed by atoms with Crippen LogP contribution in [-0.4, -0.2) is 24.4 Å². The monoisotopic (exact) mass is 254 g/mol. The summed E-state index contributed by atoms with van der Waals surface area (Å²) in [5, 5.41) is 10.1. The van der Waals surface area contributed by atoms with Gasteiger partial charge in [-0.2, -0.15) is 0 Å². The van der Waals surface area contributed by atoms with E-state index >= 15 is 0 Å². The van der Waals surface area contributed by atoms with E-state index in [1.807, 2.05) is 0 Å². The summed E-state index contributed by atoms with van der Waals surface area (Å²) >= 11 is 0. The van der Waals surface area contributed by atoms with Crippen molar-refractivity contribution in [3.63, 3.8) is 0 Å². The third-order valence-electron chi connectivity index (χ3n) is 4.90. The van der Waals surface area contributed by atoms with E-state index < -0.39 is 0 Å². The number of hydrogen-bond acceptors (Lipinski definition) is 2. The lowest BCUT2D eigenvalue weighted by atomic mass is 9.92. The van der Waals surface area contributed by atoms with Crippen LogP contribution in [0.2, 0.25) is 0 Å². The Bertz CT molecular complexity index is 205. The van der Waals surface area contributed by atoms with Gasteiger partial charge in [0.2, 0.25) is 0 Å². The van der Waals surface area contributed by atoms with E-state index in [4.69, 9.17) is 4.74 Å². The van der Waals surface area contributed by atoms with E-state index in [1.54, 1.807) is 0 Å². The highest BCUT2D eigenvalue weighted by Crippen LogP contribution is 2.30. The zero-order valence-corrected chi connectivity index (χ0v) is 11.8. The van der Waals surface area contributed by atoms with Crippen LogP contribution in [0.1, 0.15) is 70.6 Å². The summed E-state index contributed by atoms with van der Waals surface area (Å²) in [5.41, 5.74) is 0. The van der Waals surface area contributed by atoms with Crippen molar-refractivity contribution in [3.8, 4) is 0 Å². The van der Waals surface area contributed by atoms with Crippen LogP contribution in [0.5, 0.6) is 0 Å². The minimum Gasteiger partial charge on any atom is -0.393 e. The molecule has 0 amide bonds. The Morgan fingerprint density at radius 2 is 1.67 bits per heavy atom. The second-order valence-corrected chi connectivity index (χ2v) is 6.31. The first kappa shape index (κ1) is 14.3. The molecule has 1 N–H and O–H groups in total. The maximum absolute atomic E-state index is 10.1. The van der Waals surface area contributed by atoms with Crippen LogP contribution in [0.15, 0.2) is 0 Å². The van der Waals surface area contributed by atoms with Crippen molar-refractivity contribution >= 4 is 0 Å². The van der Waals surface area contributed by atoms with Crippen molar-refractivity contribution in [2.24, 2.45) is 11.8 Å². The molecule has 0 spiro atoms. The summed E-state index contributed by atoms with van der Waals surface area (Å²) in [5.74, 6) is 1.54. The van der Waals surface area contributed by atoms with Crippen molar-refractivity contribution in [1.82, 2.24) is 0 Å². The Labute approximate surface area is 112 Å². The summed E-state index contributed by atoms with van der Waals surface area (Å²) in [6.07, 6.45) is 14.0. The predicted octanol–water partition coefficient (Wildman–Crippen LogP) is 3.91. The molecule has 2 aliphatic rings. The number of aliphatic hydroxyl groups excluding tert-OH is 1. The van der Waals surface area contributed by atoms with Crippen molar-refractivity contribution in [3.05, 3.63) is 0 Å². The van der Waals surface area contributed by atoms with E-state index in [0.29, 0.717) is 5.92 Å². The average molecular weight is 254 g/mol. The number of aliphatic hydroxyl groups is 1. The van der Waals surface area contributed by atoms with Crippen LogP contribution >= 0.6 is 0 Å². The molecular formula is C16H30O2. The lowest BCUT2D eigenvalue weighted by Crippen LogP contribution is -2.17. The fourth-order valence-corrected chi connectivity index (χ4v) is 3.58. The quantitative estimate of drug-likeness (QED) is 0.698. The Kier molecular flexibility index (Phi) is 6.50. The lowest BCUT2D eigenvalue weighted by molar-refractivity contribution is 0.0627. The molecule has 1 heterocycles. The van der Waals surface area contributed by atoms with E-state index in [0.717, 1.165) is 25.6 Å². The van der Waals surface area contributed by atoms with Gasteiger partial charge in [0, 0.05) is 13.2 Å². The highest BCUT2D eigenvalue weighted by Gasteiger charge is 2.22. The Hall–Kier alpha value is -0.0800. The summed E-state index contributed by atoms with van der Waals surface area (Å²) in [7, 11) is 0. The van der Waals surface area contributed by atoms with Gasteiger partial charge in [0.15, 0.2) is 0 Å². The molecule has 2 fully saturated rings. The molecule has 1 aliphatic carbocycles. The highest BCUT2D eigenvalue weighted by molar-refractivity contribution is 4.74. The molecule has 0 radical (unpaired) electrons. The summed E-state index contributed by atoms with van der Waals surface area (Å²) in [6.45, 7) is 1.95. The van der Waals surface area contributed by atoms with E-state index in [1.165, 1.54) is 64.2 Å². The average Bonchev–Trinajstić information content (AvgIpc) is 2.93. The second-order valence-electron chi connectivity index (χ2n) is 6.31. The predicted molar refractivity (Wildman–Crippen MR) is 74.6 cm³/mol. The van der Waals surface area contributed by atoms with Gasteiger partial charge in [-0.1, -0.05) is 38.5 Å².